The van der Waals surface area contributed by atoms with Crippen molar-refractivity contribution >= 4 is 0 Å². The smallest absolute Gasteiger partial charge is 0.0280 e. The third-order valence-corrected chi connectivity index (χ3v) is 2.52. The van der Waals surface area contributed by atoms with Gasteiger partial charge in [-0.3, -0.25) is 0 Å². The summed E-state index contributed by atoms with van der Waals surface area (Å²) in [7, 11) is 0. The van der Waals surface area contributed by atoms with Crippen LogP contribution in [0.4, 0.5) is 0 Å². The normalized spacial score (nSPS) is 14.0. The molecular formula is C13H24. The first-order valence-corrected chi connectivity index (χ1v) is 5.40. The molecule has 0 aromatic carbocycles. The molecule has 0 N–H and O–H groups in total. The summed E-state index contributed by atoms with van der Waals surface area (Å²) in [6.45, 7) is 11.0. The Morgan fingerprint density at radius 2 is 1.77 bits per heavy atom. The molecular weight excluding hydrogens is 156 g/mol. The molecule has 0 aromatic rings. The van der Waals surface area contributed by atoms with Crippen LogP contribution >= 0.6 is 0 Å². The highest BCUT2D eigenvalue weighted by atomic mass is 14.1. The van der Waals surface area contributed by atoms with Crippen molar-refractivity contribution < 1.29 is 0 Å². The lowest BCUT2D eigenvalue weighted by Gasteiger charge is -2.08. The Morgan fingerprint density at radius 3 is 2.15 bits per heavy atom. The Labute approximate surface area is 83.7 Å². The van der Waals surface area contributed by atoms with Crippen LogP contribution in [0.25, 0.3) is 0 Å². The van der Waals surface area contributed by atoms with Crippen LogP contribution in [0.2, 0.25) is 0 Å². The van der Waals surface area contributed by atoms with E-state index in [4.69, 9.17) is 0 Å². The van der Waals surface area contributed by atoms with Crippen LogP contribution in [0.3, 0.4) is 0 Å². The first kappa shape index (κ1) is 12.5. The monoisotopic (exact) mass is 180 g/mol. The molecule has 0 aliphatic rings. The van der Waals surface area contributed by atoms with Crippen LogP contribution in [-0.4, -0.2) is 0 Å². The number of hydrogen-bond acceptors (Lipinski definition) is 0. The van der Waals surface area contributed by atoms with Gasteiger partial charge in [-0.15, -0.1) is 0 Å². The molecule has 13 heavy (non-hydrogen) atoms. The minimum absolute atomic E-state index is 0.837. The van der Waals surface area contributed by atoms with Gasteiger partial charge in [-0.05, 0) is 45.1 Å². The highest BCUT2D eigenvalue weighted by Crippen LogP contribution is 2.18. The van der Waals surface area contributed by atoms with E-state index < -0.39 is 0 Å². The fourth-order valence-electron chi connectivity index (χ4n) is 1.46. The van der Waals surface area contributed by atoms with Gasteiger partial charge in [0.15, 0.2) is 0 Å². The van der Waals surface area contributed by atoms with Crippen molar-refractivity contribution in [2.24, 2.45) is 5.92 Å². The lowest BCUT2D eigenvalue weighted by molar-refractivity contribution is 0.555. The number of allylic oxidation sites excluding steroid dienone is 4. The molecule has 0 aliphatic carbocycles. The lowest BCUT2D eigenvalue weighted by atomic mass is 9.98. The van der Waals surface area contributed by atoms with E-state index in [2.05, 4.69) is 46.8 Å². The zero-order valence-electron chi connectivity index (χ0n) is 9.85. The molecule has 0 heterocycles. The standard InChI is InChI=1S/C13H24/c1-6-12(5)13(7-2)10-8-9-11(3)4/h6-7,11H,8-10H2,1-5H3/b12-6-,13-7-. The molecule has 0 amide bonds. The molecule has 0 saturated heterocycles. The van der Waals surface area contributed by atoms with Gasteiger partial charge in [-0.2, -0.15) is 0 Å². The maximum absolute atomic E-state index is 2.29. The van der Waals surface area contributed by atoms with Gasteiger partial charge in [0.25, 0.3) is 0 Å². The summed E-state index contributed by atoms with van der Waals surface area (Å²) >= 11 is 0. The van der Waals surface area contributed by atoms with E-state index in [1.165, 1.54) is 30.4 Å². The van der Waals surface area contributed by atoms with Gasteiger partial charge in [-0.25, -0.2) is 0 Å². The van der Waals surface area contributed by atoms with Crippen LogP contribution in [0.15, 0.2) is 23.3 Å². The number of hydrogen-bond donors (Lipinski definition) is 0. The Balaban J connectivity index is 3.89. The van der Waals surface area contributed by atoms with Crippen molar-refractivity contribution in [2.45, 2.75) is 53.9 Å². The maximum Gasteiger partial charge on any atom is -0.0280 e. The molecule has 0 aromatic heterocycles. The van der Waals surface area contributed by atoms with E-state index in [0.717, 1.165) is 5.92 Å². The molecule has 0 fully saturated rings. The van der Waals surface area contributed by atoms with E-state index in [1.807, 2.05) is 0 Å². The third kappa shape index (κ3) is 5.68. The van der Waals surface area contributed by atoms with E-state index in [0.29, 0.717) is 0 Å². The summed E-state index contributed by atoms with van der Waals surface area (Å²) in [5.74, 6) is 0.837. The van der Waals surface area contributed by atoms with Gasteiger partial charge in [-0.1, -0.05) is 38.0 Å². The minimum Gasteiger partial charge on any atom is -0.0845 e. The Bertz CT molecular complexity index is 182. The first-order chi connectivity index (χ1) is 6.11. The van der Waals surface area contributed by atoms with E-state index in [-0.39, 0.29) is 0 Å². The molecule has 0 radical (unpaired) electrons. The second-order valence-corrected chi connectivity index (χ2v) is 4.07. The third-order valence-electron chi connectivity index (χ3n) is 2.52. The van der Waals surface area contributed by atoms with Gasteiger partial charge in [0, 0.05) is 0 Å². The van der Waals surface area contributed by atoms with Crippen LogP contribution < -0.4 is 0 Å². The van der Waals surface area contributed by atoms with Crippen molar-refractivity contribution in [3.05, 3.63) is 23.3 Å². The summed E-state index contributed by atoms with van der Waals surface area (Å²) < 4.78 is 0. The predicted molar refractivity (Wildman–Crippen MR) is 61.9 cm³/mol. The summed E-state index contributed by atoms with van der Waals surface area (Å²) in [6.07, 6.45) is 8.35. The maximum atomic E-state index is 2.29. The van der Waals surface area contributed by atoms with Gasteiger partial charge in [0.05, 0.1) is 0 Å². The molecule has 0 spiro atoms. The quantitative estimate of drug-likeness (QED) is 0.537. The van der Waals surface area contributed by atoms with Crippen molar-refractivity contribution in [1.29, 1.82) is 0 Å². The molecule has 0 saturated carbocycles. The molecule has 0 aliphatic heterocycles. The Morgan fingerprint density at radius 1 is 1.15 bits per heavy atom. The average Bonchev–Trinajstić information content (AvgIpc) is 2.11. The molecule has 76 valence electrons. The van der Waals surface area contributed by atoms with E-state index in [1.54, 1.807) is 0 Å². The van der Waals surface area contributed by atoms with E-state index >= 15 is 0 Å². The Kier molecular flexibility index (Phi) is 6.66. The molecule has 0 heteroatoms. The molecule has 0 rings (SSSR count). The summed E-state index contributed by atoms with van der Waals surface area (Å²) in [4.78, 5) is 0. The summed E-state index contributed by atoms with van der Waals surface area (Å²) in [5, 5.41) is 0. The van der Waals surface area contributed by atoms with Gasteiger partial charge in [0.2, 0.25) is 0 Å². The van der Waals surface area contributed by atoms with Crippen LogP contribution in [-0.2, 0) is 0 Å². The fraction of sp³-hybridized carbons (Fsp3) is 0.692. The average molecular weight is 180 g/mol. The second-order valence-electron chi connectivity index (χ2n) is 4.07. The highest BCUT2D eigenvalue weighted by Gasteiger charge is 1.99. The fourth-order valence-corrected chi connectivity index (χ4v) is 1.46. The summed E-state index contributed by atoms with van der Waals surface area (Å²) in [6, 6.07) is 0. The zero-order valence-corrected chi connectivity index (χ0v) is 9.85. The van der Waals surface area contributed by atoms with Crippen molar-refractivity contribution in [3.8, 4) is 0 Å². The SMILES string of the molecule is C/C=C(C)\C(=C/C)CCCC(C)C. The van der Waals surface area contributed by atoms with Gasteiger partial charge in [0.1, 0.15) is 0 Å². The largest absolute Gasteiger partial charge is 0.0845 e. The molecule has 0 unspecified atom stereocenters. The predicted octanol–water partition coefficient (Wildman–Crippen LogP) is 4.73. The minimum atomic E-state index is 0.837. The second kappa shape index (κ2) is 6.94. The molecule has 0 nitrogen and oxygen atoms in total. The first-order valence-electron chi connectivity index (χ1n) is 5.40. The lowest BCUT2D eigenvalue weighted by Crippen LogP contribution is -1.90. The molecule has 0 atom stereocenters. The Hall–Kier alpha value is -0.520. The zero-order chi connectivity index (χ0) is 10.3. The van der Waals surface area contributed by atoms with Crippen LogP contribution in [0.1, 0.15) is 53.9 Å². The topological polar surface area (TPSA) is 0 Å². The van der Waals surface area contributed by atoms with Crippen molar-refractivity contribution in [1.82, 2.24) is 0 Å². The van der Waals surface area contributed by atoms with Crippen LogP contribution in [0, 0.1) is 5.92 Å². The van der Waals surface area contributed by atoms with Crippen molar-refractivity contribution in [3.63, 3.8) is 0 Å². The number of rotatable bonds is 5. The van der Waals surface area contributed by atoms with Crippen molar-refractivity contribution in [2.75, 3.05) is 0 Å². The summed E-state index contributed by atoms with van der Waals surface area (Å²) in [5.41, 5.74) is 2.95. The van der Waals surface area contributed by atoms with Gasteiger partial charge >= 0.3 is 0 Å². The molecule has 0 bridgehead atoms. The van der Waals surface area contributed by atoms with Gasteiger partial charge < -0.3 is 0 Å². The van der Waals surface area contributed by atoms with Crippen LogP contribution in [0.5, 0.6) is 0 Å². The van der Waals surface area contributed by atoms with E-state index in [9.17, 15) is 0 Å². The highest BCUT2D eigenvalue weighted by molar-refractivity contribution is 5.27.